The zero-order chi connectivity index (χ0) is 17.6. The number of hydrogen-bond donors (Lipinski definition) is 3. The van der Waals surface area contributed by atoms with E-state index in [0.717, 1.165) is 6.07 Å². The van der Waals surface area contributed by atoms with Gasteiger partial charge in [0.2, 0.25) is 0 Å². The highest BCUT2D eigenvalue weighted by Gasteiger charge is 2.20. The largest absolute Gasteiger partial charge is 0.480 e. The Labute approximate surface area is 139 Å². The number of rotatable bonds is 6. The molecule has 8 heteroatoms. The minimum atomic E-state index is -1.13. The monoisotopic (exact) mass is 346 g/mol. The van der Waals surface area contributed by atoms with Crippen molar-refractivity contribution in [2.45, 2.75) is 32.4 Å². The first-order valence-corrected chi connectivity index (χ1v) is 7.36. The van der Waals surface area contributed by atoms with Crippen molar-refractivity contribution in [3.8, 4) is 0 Å². The van der Waals surface area contributed by atoms with Crippen molar-refractivity contribution in [1.82, 2.24) is 10.6 Å². The molecule has 1 amide bonds. The van der Waals surface area contributed by atoms with Gasteiger partial charge in [-0.25, -0.2) is 9.18 Å². The molecule has 128 valence electrons. The smallest absolute Gasteiger partial charge is 0.407 e. The number of amides is 1. The minimum Gasteiger partial charge on any atom is -0.480 e. The number of aliphatic carboxylic acids is 1. The van der Waals surface area contributed by atoms with Crippen molar-refractivity contribution in [3.63, 3.8) is 0 Å². The fourth-order valence-electron chi connectivity index (χ4n) is 1.73. The van der Waals surface area contributed by atoms with E-state index in [1.54, 1.807) is 20.8 Å². The quantitative estimate of drug-likeness (QED) is 0.689. The van der Waals surface area contributed by atoms with Gasteiger partial charge in [-0.15, -0.1) is 0 Å². The summed E-state index contributed by atoms with van der Waals surface area (Å²) in [4.78, 5) is 22.8. The number of benzene rings is 1. The number of carboxylic acid groups (broad SMARTS) is 1. The number of ether oxygens (including phenoxy) is 1. The second kappa shape index (κ2) is 8.12. The maximum Gasteiger partial charge on any atom is 0.407 e. The van der Waals surface area contributed by atoms with E-state index in [-0.39, 0.29) is 18.1 Å². The number of hydrogen-bond acceptors (Lipinski definition) is 4. The molecule has 0 aromatic heterocycles. The molecule has 0 aliphatic rings. The molecule has 1 unspecified atom stereocenters. The van der Waals surface area contributed by atoms with Crippen LogP contribution >= 0.6 is 11.6 Å². The van der Waals surface area contributed by atoms with Gasteiger partial charge in [0.05, 0.1) is 5.02 Å². The molecule has 0 aliphatic heterocycles. The molecule has 0 bridgehead atoms. The maximum atomic E-state index is 13.1. The predicted molar refractivity (Wildman–Crippen MR) is 84.0 cm³/mol. The van der Waals surface area contributed by atoms with Crippen LogP contribution in [0.15, 0.2) is 18.2 Å². The maximum absolute atomic E-state index is 13.1. The zero-order valence-electron chi connectivity index (χ0n) is 13.2. The first-order valence-electron chi connectivity index (χ1n) is 6.98. The lowest BCUT2D eigenvalue weighted by molar-refractivity contribution is -0.139. The van der Waals surface area contributed by atoms with Gasteiger partial charge in [-0.3, -0.25) is 10.1 Å². The molecule has 0 saturated carbocycles. The second-order valence-corrected chi connectivity index (χ2v) is 6.23. The molecule has 1 aromatic carbocycles. The number of carboxylic acids is 1. The van der Waals surface area contributed by atoms with Crippen LogP contribution in [0.2, 0.25) is 5.02 Å². The van der Waals surface area contributed by atoms with Crippen LogP contribution in [0, 0.1) is 5.82 Å². The van der Waals surface area contributed by atoms with Crippen molar-refractivity contribution >= 4 is 23.7 Å². The standard InChI is InChI=1S/C15H20ClFN2O4/c1-15(2,3)23-14(22)19-7-6-18-12(13(20)21)9-4-5-11(17)10(16)8-9/h4-5,8,12,18H,6-7H2,1-3H3,(H,19,22)(H,20,21). The van der Waals surface area contributed by atoms with Gasteiger partial charge in [-0.1, -0.05) is 17.7 Å². The Bertz CT molecular complexity index is 575. The molecule has 1 rings (SSSR count). The molecular weight excluding hydrogens is 327 g/mol. The number of halogens is 2. The molecule has 1 aromatic rings. The fraction of sp³-hybridized carbons (Fsp3) is 0.467. The lowest BCUT2D eigenvalue weighted by atomic mass is 10.1. The van der Waals surface area contributed by atoms with E-state index in [4.69, 9.17) is 16.3 Å². The second-order valence-electron chi connectivity index (χ2n) is 5.83. The van der Waals surface area contributed by atoms with Gasteiger partial charge < -0.3 is 15.2 Å². The molecule has 0 heterocycles. The van der Waals surface area contributed by atoms with Crippen LogP contribution in [-0.2, 0) is 9.53 Å². The van der Waals surface area contributed by atoms with Gasteiger partial charge in [-0.05, 0) is 38.5 Å². The lowest BCUT2D eigenvalue weighted by Gasteiger charge is -2.20. The summed E-state index contributed by atoms with van der Waals surface area (Å²) in [6.07, 6.45) is -0.587. The third kappa shape index (κ3) is 6.83. The average molecular weight is 347 g/mol. The van der Waals surface area contributed by atoms with E-state index in [9.17, 15) is 19.1 Å². The van der Waals surface area contributed by atoms with Crippen LogP contribution in [0.25, 0.3) is 0 Å². The summed E-state index contributed by atoms with van der Waals surface area (Å²) in [5, 5.41) is 14.3. The number of carbonyl (C=O) groups excluding carboxylic acids is 1. The molecular formula is C15H20ClFN2O4. The zero-order valence-corrected chi connectivity index (χ0v) is 13.9. The van der Waals surface area contributed by atoms with Crippen molar-refractivity contribution in [1.29, 1.82) is 0 Å². The Morgan fingerprint density at radius 1 is 1.35 bits per heavy atom. The van der Waals surface area contributed by atoms with E-state index >= 15 is 0 Å². The van der Waals surface area contributed by atoms with Crippen LogP contribution in [-0.4, -0.2) is 35.9 Å². The van der Waals surface area contributed by atoms with E-state index in [1.165, 1.54) is 12.1 Å². The number of alkyl carbamates (subject to hydrolysis) is 1. The van der Waals surface area contributed by atoms with Gasteiger partial charge in [0.1, 0.15) is 17.5 Å². The van der Waals surface area contributed by atoms with Gasteiger partial charge >= 0.3 is 12.1 Å². The molecule has 0 spiro atoms. The molecule has 0 saturated heterocycles. The highest BCUT2D eigenvalue weighted by molar-refractivity contribution is 6.30. The van der Waals surface area contributed by atoms with Crippen LogP contribution in [0.5, 0.6) is 0 Å². The predicted octanol–water partition coefficient (Wildman–Crippen LogP) is 2.72. The molecule has 0 aliphatic carbocycles. The lowest BCUT2D eigenvalue weighted by Crippen LogP contribution is -2.38. The van der Waals surface area contributed by atoms with Gasteiger partial charge in [0.15, 0.2) is 0 Å². The third-order valence-corrected chi connectivity index (χ3v) is 2.96. The van der Waals surface area contributed by atoms with Crippen LogP contribution in [0.3, 0.4) is 0 Å². The van der Waals surface area contributed by atoms with Crippen molar-refractivity contribution in [2.24, 2.45) is 0 Å². The summed E-state index contributed by atoms with van der Waals surface area (Å²) in [7, 11) is 0. The normalized spacial score (nSPS) is 12.6. The van der Waals surface area contributed by atoms with Crippen LogP contribution < -0.4 is 10.6 Å². The first kappa shape index (κ1) is 19.2. The van der Waals surface area contributed by atoms with E-state index < -0.39 is 29.5 Å². The molecule has 3 N–H and O–H groups in total. The Morgan fingerprint density at radius 2 is 2.00 bits per heavy atom. The first-order chi connectivity index (χ1) is 10.6. The highest BCUT2D eigenvalue weighted by Crippen LogP contribution is 2.21. The van der Waals surface area contributed by atoms with Gasteiger partial charge in [-0.2, -0.15) is 0 Å². The molecule has 0 radical (unpaired) electrons. The van der Waals surface area contributed by atoms with E-state index in [1.807, 2.05) is 0 Å². The third-order valence-electron chi connectivity index (χ3n) is 2.67. The Hall–Kier alpha value is -1.86. The van der Waals surface area contributed by atoms with E-state index in [2.05, 4.69) is 10.6 Å². The van der Waals surface area contributed by atoms with Gasteiger partial charge in [0.25, 0.3) is 0 Å². The number of carbonyl (C=O) groups is 2. The Morgan fingerprint density at radius 3 is 2.52 bits per heavy atom. The minimum absolute atomic E-state index is 0.151. The summed E-state index contributed by atoms with van der Waals surface area (Å²) in [5.74, 6) is -1.75. The fourth-order valence-corrected chi connectivity index (χ4v) is 1.92. The molecule has 6 nitrogen and oxygen atoms in total. The van der Waals surface area contributed by atoms with Crippen molar-refractivity contribution in [3.05, 3.63) is 34.6 Å². The summed E-state index contributed by atoms with van der Waals surface area (Å²) in [6, 6.07) is 2.64. The average Bonchev–Trinajstić information content (AvgIpc) is 2.39. The SMILES string of the molecule is CC(C)(C)OC(=O)NCCNC(C(=O)O)c1ccc(F)c(Cl)c1. The van der Waals surface area contributed by atoms with Gasteiger partial charge in [0, 0.05) is 13.1 Å². The van der Waals surface area contributed by atoms with Crippen molar-refractivity contribution < 1.29 is 23.8 Å². The summed E-state index contributed by atoms with van der Waals surface area (Å²) in [6.45, 7) is 5.58. The van der Waals surface area contributed by atoms with Crippen molar-refractivity contribution in [2.75, 3.05) is 13.1 Å². The van der Waals surface area contributed by atoms with E-state index in [0.29, 0.717) is 5.56 Å². The summed E-state index contributed by atoms with van der Waals surface area (Å²) in [5.41, 5.74) is -0.285. The Balaban J connectivity index is 2.53. The molecule has 1 atom stereocenters. The summed E-state index contributed by atoms with van der Waals surface area (Å²) < 4.78 is 18.2. The summed E-state index contributed by atoms with van der Waals surface area (Å²) >= 11 is 5.66. The molecule has 0 fully saturated rings. The number of nitrogens with one attached hydrogen (secondary N) is 2. The topological polar surface area (TPSA) is 87.7 Å². The highest BCUT2D eigenvalue weighted by atomic mass is 35.5. The van der Waals surface area contributed by atoms with Crippen LogP contribution in [0.1, 0.15) is 32.4 Å². The molecule has 23 heavy (non-hydrogen) atoms. The van der Waals surface area contributed by atoms with Crippen LogP contribution in [0.4, 0.5) is 9.18 Å². The Kier molecular flexibility index (Phi) is 6.78.